The smallest absolute Gasteiger partial charge is 0.177 e. The van der Waals surface area contributed by atoms with Gasteiger partial charge in [-0.1, -0.05) is 35.5 Å². The van der Waals surface area contributed by atoms with Gasteiger partial charge < -0.3 is 10.3 Å². The van der Waals surface area contributed by atoms with E-state index in [0.717, 1.165) is 22.4 Å². The van der Waals surface area contributed by atoms with Crippen LogP contribution in [0.5, 0.6) is 0 Å². The van der Waals surface area contributed by atoms with Crippen LogP contribution in [-0.4, -0.2) is 10.1 Å². The Morgan fingerprint density at radius 1 is 1.05 bits per heavy atom. The first-order valence-electron chi connectivity index (χ1n) is 5.99. The number of aromatic nitrogens is 2. The third-order valence-corrected chi connectivity index (χ3v) is 2.94. The zero-order valence-corrected chi connectivity index (χ0v) is 10.5. The van der Waals surface area contributed by atoms with Gasteiger partial charge in [0, 0.05) is 17.5 Å². The van der Waals surface area contributed by atoms with E-state index < -0.39 is 0 Å². The molecule has 4 nitrogen and oxygen atoms in total. The van der Waals surface area contributed by atoms with Gasteiger partial charge in [0.2, 0.25) is 0 Å². The standard InChI is InChI=1S/C15H13N3O/c1-10-9-12(7-8-17-10)14-13(15(16)18-19-14)11-5-3-2-4-6-11/h2-9H,1H3,(H2,16,18). The topological polar surface area (TPSA) is 64.9 Å². The first-order valence-corrected chi connectivity index (χ1v) is 5.99. The Hall–Kier alpha value is -2.62. The summed E-state index contributed by atoms with van der Waals surface area (Å²) in [5, 5.41) is 3.88. The van der Waals surface area contributed by atoms with Gasteiger partial charge in [0.25, 0.3) is 0 Å². The summed E-state index contributed by atoms with van der Waals surface area (Å²) in [5.41, 5.74) is 9.59. The summed E-state index contributed by atoms with van der Waals surface area (Å²) in [6, 6.07) is 13.7. The number of nitrogen functional groups attached to an aromatic ring is 1. The number of pyridine rings is 1. The van der Waals surface area contributed by atoms with Gasteiger partial charge in [0.1, 0.15) is 0 Å². The van der Waals surface area contributed by atoms with Gasteiger partial charge in [-0.25, -0.2) is 0 Å². The molecular weight excluding hydrogens is 238 g/mol. The Labute approximate surface area is 110 Å². The quantitative estimate of drug-likeness (QED) is 0.759. The van der Waals surface area contributed by atoms with Crippen LogP contribution in [0.25, 0.3) is 22.5 Å². The average Bonchev–Trinajstić information content (AvgIpc) is 2.82. The Morgan fingerprint density at radius 2 is 1.84 bits per heavy atom. The zero-order chi connectivity index (χ0) is 13.2. The zero-order valence-electron chi connectivity index (χ0n) is 10.5. The Morgan fingerprint density at radius 3 is 2.58 bits per heavy atom. The summed E-state index contributed by atoms with van der Waals surface area (Å²) in [6.07, 6.45) is 1.75. The summed E-state index contributed by atoms with van der Waals surface area (Å²) >= 11 is 0. The molecule has 0 aliphatic carbocycles. The summed E-state index contributed by atoms with van der Waals surface area (Å²) < 4.78 is 5.39. The van der Waals surface area contributed by atoms with E-state index in [0.29, 0.717) is 11.6 Å². The molecule has 0 radical (unpaired) electrons. The van der Waals surface area contributed by atoms with E-state index in [-0.39, 0.29) is 0 Å². The van der Waals surface area contributed by atoms with Crippen LogP contribution in [0.3, 0.4) is 0 Å². The lowest BCUT2D eigenvalue weighted by Gasteiger charge is -2.03. The van der Waals surface area contributed by atoms with Crippen LogP contribution in [0.1, 0.15) is 5.69 Å². The second-order valence-corrected chi connectivity index (χ2v) is 4.32. The Balaban J connectivity index is 2.19. The summed E-state index contributed by atoms with van der Waals surface area (Å²) in [7, 11) is 0. The molecule has 2 heterocycles. The third kappa shape index (κ3) is 2.08. The fraction of sp³-hybridized carbons (Fsp3) is 0.0667. The van der Waals surface area contributed by atoms with Crippen LogP contribution in [0.15, 0.2) is 53.2 Å². The second-order valence-electron chi connectivity index (χ2n) is 4.32. The minimum atomic E-state index is 0.399. The van der Waals surface area contributed by atoms with Crippen molar-refractivity contribution in [3.63, 3.8) is 0 Å². The molecule has 0 unspecified atom stereocenters. The first-order chi connectivity index (χ1) is 9.25. The molecular formula is C15H13N3O. The molecule has 0 spiro atoms. The SMILES string of the molecule is Cc1cc(-c2onc(N)c2-c2ccccc2)ccn1. The first kappa shape index (κ1) is 11.5. The maximum Gasteiger partial charge on any atom is 0.177 e. The molecule has 4 heteroatoms. The Kier molecular flexibility index (Phi) is 2.76. The van der Waals surface area contributed by atoms with Gasteiger partial charge in [-0.05, 0) is 24.6 Å². The predicted molar refractivity (Wildman–Crippen MR) is 74.3 cm³/mol. The van der Waals surface area contributed by atoms with E-state index in [4.69, 9.17) is 10.3 Å². The second kappa shape index (κ2) is 4.57. The number of nitrogens with zero attached hydrogens (tertiary/aromatic N) is 2. The minimum Gasteiger partial charge on any atom is -0.380 e. The maximum atomic E-state index is 5.93. The van der Waals surface area contributed by atoms with Crippen molar-refractivity contribution in [3.8, 4) is 22.5 Å². The van der Waals surface area contributed by atoms with E-state index in [1.165, 1.54) is 0 Å². The van der Waals surface area contributed by atoms with Crippen LogP contribution in [-0.2, 0) is 0 Å². The summed E-state index contributed by atoms with van der Waals surface area (Å²) in [4.78, 5) is 4.18. The third-order valence-electron chi connectivity index (χ3n) is 2.94. The summed E-state index contributed by atoms with van der Waals surface area (Å²) in [6.45, 7) is 1.94. The average molecular weight is 251 g/mol. The Bertz CT molecular complexity index is 704. The number of hydrogen-bond donors (Lipinski definition) is 1. The van der Waals surface area contributed by atoms with Crippen LogP contribution >= 0.6 is 0 Å². The molecule has 0 amide bonds. The number of nitrogens with two attached hydrogens (primary N) is 1. The van der Waals surface area contributed by atoms with Crippen molar-refractivity contribution in [3.05, 3.63) is 54.4 Å². The molecule has 2 aromatic heterocycles. The normalized spacial score (nSPS) is 10.6. The molecule has 0 saturated heterocycles. The van der Waals surface area contributed by atoms with E-state index in [9.17, 15) is 0 Å². The van der Waals surface area contributed by atoms with Crippen LogP contribution < -0.4 is 5.73 Å². The highest BCUT2D eigenvalue weighted by Crippen LogP contribution is 2.36. The van der Waals surface area contributed by atoms with Crippen molar-refractivity contribution in [2.24, 2.45) is 0 Å². The largest absolute Gasteiger partial charge is 0.380 e. The van der Waals surface area contributed by atoms with E-state index in [1.807, 2.05) is 49.4 Å². The monoisotopic (exact) mass is 251 g/mol. The fourth-order valence-electron chi connectivity index (χ4n) is 2.07. The molecule has 2 N–H and O–H groups in total. The molecule has 3 aromatic rings. The molecule has 19 heavy (non-hydrogen) atoms. The molecule has 0 bridgehead atoms. The molecule has 94 valence electrons. The van der Waals surface area contributed by atoms with Gasteiger partial charge in [-0.2, -0.15) is 0 Å². The van der Waals surface area contributed by atoms with Crippen molar-refractivity contribution >= 4 is 5.82 Å². The lowest BCUT2D eigenvalue weighted by Crippen LogP contribution is -1.89. The molecule has 0 saturated carbocycles. The van der Waals surface area contributed by atoms with Crippen molar-refractivity contribution in [1.29, 1.82) is 0 Å². The van der Waals surface area contributed by atoms with Gasteiger partial charge in [0.05, 0.1) is 5.56 Å². The van der Waals surface area contributed by atoms with Gasteiger partial charge in [-0.15, -0.1) is 0 Å². The highest BCUT2D eigenvalue weighted by molar-refractivity contribution is 5.86. The van der Waals surface area contributed by atoms with Crippen molar-refractivity contribution in [2.75, 3.05) is 5.73 Å². The minimum absolute atomic E-state index is 0.399. The number of hydrogen-bond acceptors (Lipinski definition) is 4. The molecule has 1 aromatic carbocycles. The van der Waals surface area contributed by atoms with Crippen molar-refractivity contribution < 1.29 is 4.52 Å². The predicted octanol–water partition coefficient (Wildman–Crippen LogP) is 3.29. The fourth-order valence-corrected chi connectivity index (χ4v) is 2.07. The van der Waals surface area contributed by atoms with Crippen LogP contribution in [0, 0.1) is 6.92 Å². The molecule has 3 rings (SSSR count). The van der Waals surface area contributed by atoms with E-state index in [2.05, 4.69) is 10.1 Å². The molecule has 0 aliphatic rings. The van der Waals surface area contributed by atoms with Gasteiger partial charge in [-0.3, -0.25) is 4.98 Å². The van der Waals surface area contributed by atoms with Crippen LogP contribution in [0.2, 0.25) is 0 Å². The number of rotatable bonds is 2. The van der Waals surface area contributed by atoms with Gasteiger partial charge in [0.15, 0.2) is 11.6 Å². The molecule has 0 aliphatic heterocycles. The van der Waals surface area contributed by atoms with E-state index >= 15 is 0 Å². The number of anilines is 1. The van der Waals surface area contributed by atoms with Gasteiger partial charge >= 0.3 is 0 Å². The van der Waals surface area contributed by atoms with Crippen molar-refractivity contribution in [1.82, 2.24) is 10.1 Å². The lowest BCUT2D eigenvalue weighted by atomic mass is 10.0. The highest BCUT2D eigenvalue weighted by atomic mass is 16.5. The van der Waals surface area contributed by atoms with Crippen LogP contribution in [0.4, 0.5) is 5.82 Å². The maximum absolute atomic E-state index is 5.93. The molecule has 0 atom stereocenters. The number of benzene rings is 1. The van der Waals surface area contributed by atoms with E-state index in [1.54, 1.807) is 6.20 Å². The molecule has 0 fully saturated rings. The number of aryl methyl sites for hydroxylation is 1. The highest BCUT2D eigenvalue weighted by Gasteiger charge is 2.17. The summed E-state index contributed by atoms with van der Waals surface area (Å²) in [5.74, 6) is 1.07. The van der Waals surface area contributed by atoms with Crippen molar-refractivity contribution in [2.45, 2.75) is 6.92 Å². The lowest BCUT2D eigenvalue weighted by molar-refractivity contribution is 0.436.